The summed E-state index contributed by atoms with van der Waals surface area (Å²) in [7, 11) is -3.74. The lowest BCUT2D eigenvalue weighted by atomic mass is 9.99. The molecule has 29 heavy (non-hydrogen) atoms. The SMILES string of the molecule is O=S(=O)(c1ccc(Cl)cc1)n1cc(N2CCN3CCCCC3C2)c2ncccc21. The highest BCUT2D eigenvalue weighted by atomic mass is 35.5. The van der Waals surface area contributed by atoms with Crippen LogP contribution in [0.4, 0.5) is 5.69 Å². The number of hydrogen-bond acceptors (Lipinski definition) is 5. The number of nitrogens with zero attached hydrogens (tertiary/aromatic N) is 4. The Bertz CT molecular complexity index is 1140. The van der Waals surface area contributed by atoms with Crippen molar-refractivity contribution in [1.29, 1.82) is 0 Å². The Balaban J connectivity index is 1.57. The minimum atomic E-state index is -3.74. The Labute approximate surface area is 175 Å². The van der Waals surface area contributed by atoms with E-state index in [9.17, 15) is 8.42 Å². The van der Waals surface area contributed by atoms with Gasteiger partial charge in [0, 0.05) is 43.1 Å². The molecular weight excluding hydrogens is 408 g/mol. The lowest BCUT2D eigenvalue weighted by Gasteiger charge is -2.44. The maximum absolute atomic E-state index is 13.3. The van der Waals surface area contributed by atoms with Gasteiger partial charge in [0.25, 0.3) is 10.0 Å². The molecule has 0 N–H and O–H groups in total. The van der Waals surface area contributed by atoms with Crippen molar-refractivity contribution in [3.05, 3.63) is 53.8 Å². The predicted octanol–water partition coefficient (Wildman–Crippen LogP) is 3.60. The van der Waals surface area contributed by atoms with Gasteiger partial charge in [0.05, 0.1) is 16.1 Å². The summed E-state index contributed by atoms with van der Waals surface area (Å²) in [5, 5.41) is 0.508. The van der Waals surface area contributed by atoms with Crippen LogP contribution in [0.5, 0.6) is 0 Å². The minimum absolute atomic E-state index is 0.214. The molecular formula is C21H23ClN4O2S. The Kier molecular flexibility index (Phi) is 4.76. The van der Waals surface area contributed by atoms with Gasteiger partial charge in [-0.2, -0.15) is 0 Å². The van der Waals surface area contributed by atoms with E-state index >= 15 is 0 Å². The molecule has 0 bridgehead atoms. The van der Waals surface area contributed by atoms with E-state index in [4.69, 9.17) is 11.6 Å². The van der Waals surface area contributed by atoms with E-state index in [2.05, 4.69) is 14.8 Å². The average molecular weight is 431 g/mol. The van der Waals surface area contributed by atoms with E-state index in [0.29, 0.717) is 16.6 Å². The van der Waals surface area contributed by atoms with Crippen LogP contribution >= 0.6 is 11.6 Å². The maximum Gasteiger partial charge on any atom is 0.268 e. The number of fused-ring (bicyclic) bond motifs is 2. The molecule has 1 unspecified atom stereocenters. The smallest absolute Gasteiger partial charge is 0.268 e. The molecule has 2 fully saturated rings. The molecule has 0 spiro atoms. The molecule has 2 saturated heterocycles. The number of halogens is 1. The standard InChI is InChI=1S/C21H23ClN4O2S/c22-16-6-8-18(9-7-16)29(27,28)26-15-20(21-19(26)5-3-10-23-21)25-13-12-24-11-2-1-4-17(24)14-25/h3,5-10,15,17H,1-2,4,11-14H2. The quantitative estimate of drug-likeness (QED) is 0.635. The van der Waals surface area contributed by atoms with Crippen LogP contribution in [0.2, 0.25) is 5.02 Å². The Morgan fingerprint density at radius 2 is 1.86 bits per heavy atom. The fourth-order valence-corrected chi connectivity index (χ4v) is 6.02. The summed E-state index contributed by atoms with van der Waals surface area (Å²) in [4.78, 5) is 9.62. The van der Waals surface area contributed by atoms with Crippen molar-refractivity contribution in [3.63, 3.8) is 0 Å². The second-order valence-electron chi connectivity index (χ2n) is 7.77. The van der Waals surface area contributed by atoms with Crippen LogP contribution in [0.15, 0.2) is 53.7 Å². The number of anilines is 1. The third kappa shape index (κ3) is 3.31. The van der Waals surface area contributed by atoms with E-state index in [0.717, 1.165) is 30.8 Å². The molecule has 0 saturated carbocycles. The van der Waals surface area contributed by atoms with E-state index in [1.54, 1.807) is 42.7 Å². The first-order valence-electron chi connectivity index (χ1n) is 10.0. The van der Waals surface area contributed by atoms with Gasteiger partial charge in [0.1, 0.15) is 5.52 Å². The van der Waals surface area contributed by atoms with Gasteiger partial charge in [0.2, 0.25) is 0 Å². The van der Waals surface area contributed by atoms with Crippen molar-refractivity contribution in [2.75, 3.05) is 31.1 Å². The van der Waals surface area contributed by atoms with Gasteiger partial charge >= 0.3 is 0 Å². The van der Waals surface area contributed by atoms with E-state index < -0.39 is 10.0 Å². The van der Waals surface area contributed by atoms with Crippen molar-refractivity contribution >= 4 is 38.3 Å². The van der Waals surface area contributed by atoms with Crippen molar-refractivity contribution in [1.82, 2.24) is 13.9 Å². The number of rotatable bonds is 3. The molecule has 4 heterocycles. The summed E-state index contributed by atoms with van der Waals surface area (Å²) >= 11 is 5.94. The van der Waals surface area contributed by atoms with Gasteiger partial charge in [0.15, 0.2) is 0 Å². The van der Waals surface area contributed by atoms with Crippen molar-refractivity contribution in [2.45, 2.75) is 30.2 Å². The van der Waals surface area contributed by atoms with Gasteiger partial charge in [-0.15, -0.1) is 0 Å². The molecule has 2 aliphatic heterocycles. The van der Waals surface area contributed by atoms with Gasteiger partial charge in [-0.1, -0.05) is 18.0 Å². The minimum Gasteiger partial charge on any atom is -0.366 e. The highest BCUT2D eigenvalue weighted by molar-refractivity contribution is 7.90. The fourth-order valence-electron chi connectivity index (χ4n) is 4.54. The van der Waals surface area contributed by atoms with Crippen molar-refractivity contribution in [3.8, 4) is 0 Å². The first-order valence-corrected chi connectivity index (χ1v) is 11.8. The van der Waals surface area contributed by atoms with Crippen molar-refractivity contribution in [2.24, 2.45) is 0 Å². The summed E-state index contributed by atoms with van der Waals surface area (Å²) in [5.74, 6) is 0. The van der Waals surface area contributed by atoms with Crippen LogP contribution in [0.25, 0.3) is 11.0 Å². The molecule has 8 heteroatoms. The number of piperidine rings is 1. The van der Waals surface area contributed by atoms with Gasteiger partial charge in [-0.05, 0) is 55.8 Å². The average Bonchev–Trinajstić information content (AvgIpc) is 3.14. The van der Waals surface area contributed by atoms with Crippen molar-refractivity contribution < 1.29 is 8.42 Å². The van der Waals surface area contributed by atoms with Crippen LogP contribution in [0.1, 0.15) is 19.3 Å². The summed E-state index contributed by atoms with van der Waals surface area (Å²) < 4.78 is 28.1. The second-order valence-corrected chi connectivity index (χ2v) is 10.0. The second kappa shape index (κ2) is 7.31. The first kappa shape index (κ1) is 18.9. The Morgan fingerprint density at radius 1 is 1.03 bits per heavy atom. The molecule has 1 aromatic carbocycles. The summed E-state index contributed by atoms with van der Waals surface area (Å²) in [5.41, 5.74) is 2.22. The molecule has 0 aliphatic carbocycles. The van der Waals surface area contributed by atoms with Crippen LogP contribution < -0.4 is 4.90 Å². The molecule has 6 nitrogen and oxygen atoms in total. The Hall–Kier alpha value is -2.09. The van der Waals surface area contributed by atoms with E-state index in [1.807, 2.05) is 6.07 Å². The van der Waals surface area contributed by atoms with Gasteiger partial charge < -0.3 is 4.90 Å². The van der Waals surface area contributed by atoms with E-state index in [1.165, 1.54) is 29.8 Å². The van der Waals surface area contributed by atoms with Gasteiger partial charge in [-0.3, -0.25) is 9.88 Å². The lowest BCUT2D eigenvalue weighted by molar-refractivity contribution is 0.133. The van der Waals surface area contributed by atoms with E-state index in [-0.39, 0.29) is 4.90 Å². The monoisotopic (exact) mass is 430 g/mol. The molecule has 1 atom stereocenters. The third-order valence-corrected chi connectivity index (χ3v) is 7.99. The summed E-state index contributed by atoms with van der Waals surface area (Å²) in [6, 6.07) is 10.4. The van der Waals surface area contributed by atoms with Crippen LogP contribution in [-0.4, -0.2) is 54.5 Å². The normalized spacial score (nSPS) is 20.7. The predicted molar refractivity (Wildman–Crippen MR) is 115 cm³/mol. The summed E-state index contributed by atoms with van der Waals surface area (Å²) in [6.07, 6.45) is 7.20. The zero-order valence-corrected chi connectivity index (χ0v) is 17.6. The first-order chi connectivity index (χ1) is 14.0. The highest BCUT2D eigenvalue weighted by Crippen LogP contribution is 2.33. The van der Waals surface area contributed by atoms with Gasteiger partial charge in [-0.25, -0.2) is 12.4 Å². The Morgan fingerprint density at radius 3 is 2.69 bits per heavy atom. The number of aromatic nitrogens is 2. The van der Waals surface area contributed by atoms with Crippen LogP contribution in [0.3, 0.4) is 0 Å². The third-order valence-electron chi connectivity index (χ3n) is 6.05. The zero-order valence-electron chi connectivity index (χ0n) is 16.0. The molecule has 0 radical (unpaired) electrons. The zero-order chi connectivity index (χ0) is 20.0. The molecule has 5 rings (SSSR count). The number of pyridine rings is 1. The topological polar surface area (TPSA) is 58.4 Å². The molecule has 2 aromatic heterocycles. The molecule has 0 amide bonds. The number of piperazine rings is 1. The lowest BCUT2D eigenvalue weighted by Crippen LogP contribution is -2.54. The largest absolute Gasteiger partial charge is 0.366 e. The molecule has 2 aliphatic rings. The molecule has 3 aromatic rings. The number of benzene rings is 1. The number of hydrogen-bond donors (Lipinski definition) is 0. The van der Waals surface area contributed by atoms with Crippen LogP contribution in [-0.2, 0) is 10.0 Å². The fraction of sp³-hybridized carbons (Fsp3) is 0.381. The summed E-state index contributed by atoms with van der Waals surface area (Å²) in [6.45, 7) is 3.97. The molecule has 152 valence electrons. The highest BCUT2D eigenvalue weighted by Gasteiger charge is 2.31. The maximum atomic E-state index is 13.3. The van der Waals surface area contributed by atoms with Crippen LogP contribution in [0, 0.1) is 0 Å².